The molecule has 0 fully saturated rings. The summed E-state index contributed by atoms with van der Waals surface area (Å²) in [5.74, 6) is 6.78. The van der Waals surface area contributed by atoms with Crippen LogP contribution in [0.3, 0.4) is 0 Å². The summed E-state index contributed by atoms with van der Waals surface area (Å²) in [6, 6.07) is 17.0. The van der Waals surface area contributed by atoms with Crippen molar-refractivity contribution in [3.8, 4) is 17.6 Å². The molecular weight excluding hydrogens is 256 g/mol. The zero-order chi connectivity index (χ0) is 13.5. The summed E-state index contributed by atoms with van der Waals surface area (Å²) in [6.45, 7) is 4.25. The maximum Gasteiger partial charge on any atom is 0.120 e. The Hall–Kier alpha value is -2.17. The Bertz CT molecular complexity index is 603. The molecule has 2 rings (SSSR count). The minimum atomic E-state index is 0.376. The van der Waals surface area contributed by atoms with Gasteiger partial charge in [-0.15, -0.1) is 0 Å². The standard InChI is InChI=1S/C17H13ClO/c1-14(7-8-15-5-3-2-4-6-15)13-19-17-11-9-16(18)10-12-17/h2-6,9-12H,1,13H2. The van der Waals surface area contributed by atoms with E-state index in [-0.39, 0.29) is 0 Å². The second-order valence-electron chi connectivity index (χ2n) is 3.96. The third-order valence-corrected chi connectivity index (χ3v) is 2.64. The summed E-state index contributed by atoms with van der Waals surface area (Å²) in [5.41, 5.74) is 1.70. The van der Waals surface area contributed by atoms with Gasteiger partial charge in [0, 0.05) is 16.2 Å². The first kappa shape index (κ1) is 13.3. The quantitative estimate of drug-likeness (QED) is 0.753. The van der Waals surface area contributed by atoms with Gasteiger partial charge in [-0.3, -0.25) is 0 Å². The fraction of sp³-hybridized carbons (Fsp3) is 0.0588. The van der Waals surface area contributed by atoms with Crippen LogP contribution in [0.2, 0.25) is 5.02 Å². The van der Waals surface area contributed by atoms with Crippen LogP contribution in [0, 0.1) is 11.8 Å². The van der Waals surface area contributed by atoms with Gasteiger partial charge in [0.2, 0.25) is 0 Å². The van der Waals surface area contributed by atoms with Crippen molar-refractivity contribution in [3.05, 3.63) is 77.3 Å². The van der Waals surface area contributed by atoms with E-state index in [2.05, 4.69) is 18.4 Å². The summed E-state index contributed by atoms with van der Waals surface area (Å²) in [5, 5.41) is 0.690. The molecule has 94 valence electrons. The molecule has 19 heavy (non-hydrogen) atoms. The smallest absolute Gasteiger partial charge is 0.120 e. The topological polar surface area (TPSA) is 9.23 Å². The van der Waals surface area contributed by atoms with Crippen molar-refractivity contribution >= 4 is 11.6 Å². The van der Waals surface area contributed by atoms with E-state index in [1.165, 1.54) is 0 Å². The molecule has 0 radical (unpaired) electrons. The maximum absolute atomic E-state index is 5.80. The second kappa shape index (κ2) is 6.68. The highest BCUT2D eigenvalue weighted by Crippen LogP contribution is 2.15. The van der Waals surface area contributed by atoms with E-state index >= 15 is 0 Å². The lowest BCUT2D eigenvalue weighted by atomic mass is 10.2. The number of halogens is 1. The molecule has 0 heterocycles. The highest BCUT2D eigenvalue weighted by Gasteiger charge is 1.95. The largest absolute Gasteiger partial charge is 0.488 e. The van der Waals surface area contributed by atoms with Crippen LogP contribution < -0.4 is 4.74 Å². The maximum atomic E-state index is 5.80. The number of hydrogen-bond donors (Lipinski definition) is 0. The van der Waals surface area contributed by atoms with Gasteiger partial charge in [0.05, 0.1) is 0 Å². The summed E-state index contributed by atoms with van der Waals surface area (Å²) in [4.78, 5) is 0. The molecule has 0 aliphatic rings. The summed E-state index contributed by atoms with van der Waals surface area (Å²) < 4.78 is 5.55. The molecule has 0 aliphatic carbocycles. The van der Waals surface area contributed by atoms with Gasteiger partial charge >= 0.3 is 0 Å². The molecule has 0 unspecified atom stereocenters. The Morgan fingerprint density at radius 2 is 1.74 bits per heavy atom. The third-order valence-electron chi connectivity index (χ3n) is 2.38. The SMILES string of the molecule is C=C(C#Cc1ccccc1)COc1ccc(Cl)cc1. The van der Waals surface area contributed by atoms with Crippen molar-refractivity contribution in [2.24, 2.45) is 0 Å². The summed E-state index contributed by atoms with van der Waals surface area (Å²) in [6.07, 6.45) is 0. The highest BCUT2D eigenvalue weighted by molar-refractivity contribution is 6.30. The van der Waals surface area contributed by atoms with Crippen LogP contribution in [0.5, 0.6) is 5.75 Å². The molecular formula is C17H13ClO. The van der Waals surface area contributed by atoms with Crippen molar-refractivity contribution in [1.82, 2.24) is 0 Å². The lowest BCUT2D eigenvalue weighted by Gasteiger charge is -2.04. The van der Waals surface area contributed by atoms with Crippen LogP contribution >= 0.6 is 11.6 Å². The van der Waals surface area contributed by atoms with E-state index in [0.29, 0.717) is 11.6 Å². The average Bonchev–Trinajstić information content (AvgIpc) is 2.45. The molecule has 0 aliphatic heterocycles. The van der Waals surface area contributed by atoms with Gasteiger partial charge in [0.15, 0.2) is 0 Å². The fourth-order valence-corrected chi connectivity index (χ4v) is 1.55. The van der Waals surface area contributed by atoms with Gasteiger partial charge in [-0.25, -0.2) is 0 Å². The van der Waals surface area contributed by atoms with E-state index in [4.69, 9.17) is 16.3 Å². The third kappa shape index (κ3) is 4.54. The number of rotatable bonds is 3. The van der Waals surface area contributed by atoms with E-state index in [0.717, 1.165) is 16.9 Å². The van der Waals surface area contributed by atoms with Crippen LogP contribution in [0.1, 0.15) is 5.56 Å². The molecule has 0 saturated heterocycles. The molecule has 0 aromatic heterocycles. The molecule has 0 N–H and O–H groups in total. The Morgan fingerprint density at radius 1 is 1.05 bits per heavy atom. The van der Waals surface area contributed by atoms with Crippen LogP contribution in [0.15, 0.2) is 66.7 Å². The summed E-state index contributed by atoms with van der Waals surface area (Å²) in [7, 11) is 0. The minimum absolute atomic E-state index is 0.376. The van der Waals surface area contributed by atoms with Gasteiger partial charge in [0.1, 0.15) is 12.4 Å². The Balaban J connectivity index is 1.89. The van der Waals surface area contributed by atoms with Gasteiger partial charge in [-0.1, -0.05) is 48.2 Å². The van der Waals surface area contributed by atoms with Crippen LogP contribution in [-0.2, 0) is 0 Å². The second-order valence-corrected chi connectivity index (χ2v) is 4.40. The van der Waals surface area contributed by atoms with Gasteiger partial charge < -0.3 is 4.74 Å². The van der Waals surface area contributed by atoms with Crippen LogP contribution in [-0.4, -0.2) is 6.61 Å². The first-order valence-electron chi connectivity index (χ1n) is 5.87. The van der Waals surface area contributed by atoms with Crippen molar-refractivity contribution in [2.45, 2.75) is 0 Å². The van der Waals surface area contributed by atoms with Crippen molar-refractivity contribution in [3.63, 3.8) is 0 Å². The van der Waals surface area contributed by atoms with E-state index in [9.17, 15) is 0 Å². The zero-order valence-corrected chi connectivity index (χ0v) is 11.2. The molecule has 2 aromatic carbocycles. The van der Waals surface area contributed by atoms with Crippen molar-refractivity contribution < 1.29 is 4.74 Å². The van der Waals surface area contributed by atoms with Crippen LogP contribution in [0.4, 0.5) is 0 Å². The molecule has 0 saturated carbocycles. The average molecular weight is 269 g/mol. The minimum Gasteiger partial charge on any atom is -0.488 e. The van der Waals surface area contributed by atoms with E-state index in [1.807, 2.05) is 42.5 Å². The lowest BCUT2D eigenvalue weighted by Crippen LogP contribution is -1.98. The van der Waals surface area contributed by atoms with Crippen molar-refractivity contribution in [2.75, 3.05) is 6.61 Å². The fourth-order valence-electron chi connectivity index (χ4n) is 1.42. The normalized spacial score (nSPS) is 9.32. The lowest BCUT2D eigenvalue weighted by molar-refractivity contribution is 0.357. The van der Waals surface area contributed by atoms with E-state index < -0.39 is 0 Å². The Labute approximate surface area is 118 Å². The van der Waals surface area contributed by atoms with Gasteiger partial charge in [-0.2, -0.15) is 0 Å². The highest BCUT2D eigenvalue weighted by atomic mass is 35.5. The Morgan fingerprint density at radius 3 is 2.42 bits per heavy atom. The molecule has 0 spiro atoms. The molecule has 0 bridgehead atoms. The predicted molar refractivity (Wildman–Crippen MR) is 79.4 cm³/mol. The zero-order valence-electron chi connectivity index (χ0n) is 10.4. The monoisotopic (exact) mass is 268 g/mol. The first-order chi connectivity index (χ1) is 9.24. The number of hydrogen-bond acceptors (Lipinski definition) is 1. The van der Waals surface area contributed by atoms with Crippen molar-refractivity contribution in [1.29, 1.82) is 0 Å². The molecule has 2 aromatic rings. The molecule has 2 heteroatoms. The van der Waals surface area contributed by atoms with Gasteiger partial charge in [0.25, 0.3) is 0 Å². The molecule has 0 atom stereocenters. The molecule has 1 nitrogen and oxygen atoms in total. The Kier molecular flexibility index (Phi) is 4.66. The first-order valence-corrected chi connectivity index (χ1v) is 6.25. The number of benzene rings is 2. The number of ether oxygens (including phenoxy) is 1. The van der Waals surface area contributed by atoms with E-state index in [1.54, 1.807) is 12.1 Å². The van der Waals surface area contributed by atoms with Gasteiger partial charge in [-0.05, 0) is 36.4 Å². The predicted octanol–water partition coefficient (Wildman–Crippen LogP) is 4.33. The van der Waals surface area contributed by atoms with Crippen LogP contribution in [0.25, 0.3) is 0 Å². The summed E-state index contributed by atoms with van der Waals surface area (Å²) >= 11 is 5.80. The molecule has 0 amide bonds.